The third-order valence-corrected chi connectivity index (χ3v) is 9.83. The number of benzene rings is 1. The third-order valence-electron chi connectivity index (χ3n) is 9.83. The Balaban J connectivity index is 1.03. The van der Waals surface area contributed by atoms with Gasteiger partial charge in [-0.1, -0.05) is 6.07 Å². The lowest BCUT2D eigenvalue weighted by molar-refractivity contribution is -0.0852. The lowest BCUT2D eigenvalue weighted by Gasteiger charge is -2.42. The summed E-state index contributed by atoms with van der Waals surface area (Å²) < 4.78 is 21.8. The minimum Gasteiger partial charge on any atom is -0.487 e. The zero-order valence-electron chi connectivity index (χ0n) is 28.9. The molecule has 0 spiro atoms. The van der Waals surface area contributed by atoms with Crippen LogP contribution in [0.1, 0.15) is 77.3 Å². The number of anilines is 2. The molecule has 3 atom stereocenters. The van der Waals surface area contributed by atoms with Crippen LogP contribution in [0.25, 0.3) is 11.1 Å². The number of aromatic nitrogens is 8. The monoisotopic (exact) mass is 683 g/mol. The fourth-order valence-corrected chi connectivity index (χ4v) is 7.03. The molecule has 0 unspecified atom stereocenters. The van der Waals surface area contributed by atoms with E-state index in [1.54, 1.807) is 23.1 Å². The van der Waals surface area contributed by atoms with Gasteiger partial charge in [-0.3, -0.25) is 9.58 Å². The molecule has 4 heterocycles. The van der Waals surface area contributed by atoms with Crippen molar-refractivity contribution in [2.45, 2.75) is 108 Å². The number of nitrogens with zero attached hydrogens (tertiary/aromatic N) is 10. The number of hydrogen-bond acceptors (Lipinski definition) is 13. The summed E-state index contributed by atoms with van der Waals surface area (Å²) in [5.41, 5.74) is 2.08. The largest absolute Gasteiger partial charge is 0.487 e. The highest BCUT2D eigenvalue weighted by molar-refractivity contribution is 5.67. The van der Waals surface area contributed by atoms with Gasteiger partial charge in [0.05, 0.1) is 48.8 Å². The second kappa shape index (κ2) is 14.7. The normalized spacial score (nSPS) is 23.9. The van der Waals surface area contributed by atoms with E-state index in [4.69, 9.17) is 19.3 Å². The minimum atomic E-state index is -0.606. The van der Waals surface area contributed by atoms with Crippen LogP contribution in [0.4, 0.5) is 11.6 Å². The van der Waals surface area contributed by atoms with E-state index in [9.17, 15) is 10.4 Å². The lowest BCUT2D eigenvalue weighted by atomic mass is 9.89. The van der Waals surface area contributed by atoms with Crippen LogP contribution in [0, 0.1) is 11.3 Å². The molecule has 0 radical (unpaired) electrons. The van der Waals surface area contributed by atoms with E-state index in [-0.39, 0.29) is 24.4 Å². The number of aliphatic hydroxyl groups is 1. The number of nitrogens with one attached hydrogen (secondary N) is 1. The molecule has 0 amide bonds. The molecule has 3 aliphatic rings. The molecule has 3 fully saturated rings. The van der Waals surface area contributed by atoms with Crippen LogP contribution in [-0.2, 0) is 11.3 Å². The first-order chi connectivity index (χ1) is 24.2. The summed E-state index contributed by atoms with van der Waals surface area (Å²) in [5, 5.41) is 39.4. The quantitative estimate of drug-likeness (QED) is 0.204. The summed E-state index contributed by atoms with van der Waals surface area (Å²) in [6.07, 6.45) is 13.7. The molecule has 50 heavy (non-hydrogen) atoms. The Morgan fingerprint density at radius 3 is 2.50 bits per heavy atom. The summed E-state index contributed by atoms with van der Waals surface area (Å²) in [6, 6.07) is 8.42. The van der Waals surface area contributed by atoms with Gasteiger partial charge in [0.2, 0.25) is 5.95 Å². The van der Waals surface area contributed by atoms with Crippen LogP contribution in [0.3, 0.4) is 0 Å². The van der Waals surface area contributed by atoms with E-state index in [1.807, 2.05) is 29.9 Å². The third kappa shape index (κ3) is 8.20. The molecule has 4 aromatic rings. The van der Waals surface area contributed by atoms with Crippen molar-refractivity contribution >= 4 is 11.6 Å². The van der Waals surface area contributed by atoms with Gasteiger partial charge in [-0.15, -0.1) is 10.2 Å². The first kappa shape index (κ1) is 33.8. The summed E-state index contributed by atoms with van der Waals surface area (Å²) in [6.45, 7) is 9.00. The molecular weight excluding hydrogens is 638 g/mol. The van der Waals surface area contributed by atoms with Crippen molar-refractivity contribution in [1.82, 2.24) is 44.9 Å². The van der Waals surface area contributed by atoms with Gasteiger partial charge >= 0.3 is 0 Å². The fourth-order valence-electron chi connectivity index (χ4n) is 7.03. The maximum atomic E-state index is 10.4. The highest BCUT2D eigenvalue weighted by atomic mass is 16.5. The SMILES string of the molecule is C[C@@H]1CN(C2CCC(n3cc(Nc4ncc(-c5ccc(C#N)c(O[C@@H](C)Cn6cnnn6)c5)cn4)c(OCCC4(O)CC4)n3)CC2)C[C@H](C)O1. The van der Waals surface area contributed by atoms with Crippen LogP contribution in [-0.4, -0.2) is 99.6 Å². The van der Waals surface area contributed by atoms with E-state index >= 15 is 0 Å². The van der Waals surface area contributed by atoms with Crippen LogP contribution < -0.4 is 14.8 Å². The van der Waals surface area contributed by atoms with Crippen molar-refractivity contribution < 1.29 is 19.3 Å². The van der Waals surface area contributed by atoms with Crippen LogP contribution in [0.5, 0.6) is 11.6 Å². The molecule has 2 saturated carbocycles. The number of tetrazole rings is 1. The molecule has 1 aromatic carbocycles. The molecular formula is C35H45N11O4. The van der Waals surface area contributed by atoms with E-state index < -0.39 is 5.60 Å². The minimum absolute atomic E-state index is 0.263. The Hall–Kier alpha value is -4.65. The molecule has 264 valence electrons. The van der Waals surface area contributed by atoms with Crippen LogP contribution in [0.15, 0.2) is 43.1 Å². The van der Waals surface area contributed by atoms with Gasteiger partial charge in [-0.25, -0.2) is 14.6 Å². The Kier molecular flexibility index (Phi) is 9.93. The van der Waals surface area contributed by atoms with Crippen molar-refractivity contribution in [3.05, 3.63) is 48.7 Å². The van der Waals surface area contributed by atoms with Crippen LogP contribution >= 0.6 is 0 Å². The predicted molar refractivity (Wildman–Crippen MR) is 183 cm³/mol. The first-order valence-electron chi connectivity index (χ1n) is 17.6. The van der Waals surface area contributed by atoms with E-state index in [2.05, 4.69) is 55.6 Å². The van der Waals surface area contributed by atoms with Crippen molar-refractivity contribution in [1.29, 1.82) is 5.26 Å². The molecule has 1 aliphatic heterocycles. The van der Waals surface area contributed by atoms with Crippen molar-refractivity contribution in [2.75, 3.05) is 25.0 Å². The molecule has 7 rings (SSSR count). The van der Waals surface area contributed by atoms with Gasteiger partial charge in [0.1, 0.15) is 29.9 Å². The predicted octanol–water partition coefficient (Wildman–Crippen LogP) is 4.30. The molecule has 15 heteroatoms. The molecule has 0 bridgehead atoms. The van der Waals surface area contributed by atoms with Gasteiger partial charge < -0.3 is 24.6 Å². The second-order valence-corrected chi connectivity index (χ2v) is 14.0. The van der Waals surface area contributed by atoms with Gasteiger partial charge in [-0.2, -0.15) is 5.26 Å². The maximum absolute atomic E-state index is 10.4. The Labute approximate surface area is 291 Å². The number of morpholine rings is 1. The Bertz CT molecular complexity index is 1750. The average Bonchev–Trinajstić information content (AvgIpc) is 3.43. The summed E-state index contributed by atoms with van der Waals surface area (Å²) >= 11 is 0. The first-order valence-corrected chi connectivity index (χ1v) is 17.6. The van der Waals surface area contributed by atoms with Crippen molar-refractivity contribution in [3.8, 4) is 28.8 Å². The smallest absolute Gasteiger partial charge is 0.256 e. The van der Waals surface area contributed by atoms with E-state index in [1.165, 1.54) is 6.33 Å². The summed E-state index contributed by atoms with van der Waals surface area (Å²) in [4.78, 5) is 11.8. The average molecular weight is 684 g/mol. The maximum Gasteiger partial charge on any atom is 0.256 e. The lowest BCUT2D eigenvalue weighted by Crippen LogP contribution is -2.51. The molecule has 3 aromatic heterocycles. The second-order valence-electron chi connectivity index (χ2n) is 14.0. The molecule has 2 N–H and O–H groups in total. The zero-order valence-corrected chi connectivity index (χ0v) is 28.9. The Morgan fingerprint density at radius 1 is 1.08 bits per heavy atom. The highest BCUT2D eigenvalue weighted by Gasteiger charge is 2.40. The Morgan fingerprint density at radius 2 is 1.82 bits per heavy atom. The number of rotatable bonds is 13. The number of ether oxygens (including phenoxy) is 3. The summed E-state index contributed by atoms with van der Waals surface area (Å²) in [5.74, 6) is 1.34. The van der Waals surface area contributed by atoms with Crippen molar-refractivity contribution in [2.24, 2.45) is 0 Å². The van der Waals surface area contributed by atoms with E-state index in [0.717, 1.165) is 62.7 Å². The zero-order chi connectivity index (χ0) is 34.7. The van der Waals surface area contributed by atoms with Gasteiger partial charge in [0.25, 0.3) is 5.88 Å². The molecule has 2 aliphatic carbocycles. The van der Waals surface area contributed by atoms with E-state index in [0.29, 0.717) is 54.4 Å². The number of hydrogen-bond donors (Lipinski definition) is 2. The highest BCUT2D eigenvalue weighted by Crippen LogP contribution is 2.39. The molecule has 15 nitrogen and oxygen atoms in total. The standard InChI is InChI=1S/C35H45N11O4/c1-23-18-44(19-24(2)49-23)29-6-8-30(9-7-29)46-21-31(33(41-46)48-13-12-35(47)10-11-35)40-34-37-16-28(17-38-34)26-4-5-27(15-36)32(14-26)50-25(3)20-45-22-39-42-43-45/h4-5,14,16-17,21-25,29-30,47H,6-13,18-20H2,1-3H3,(H,37,38,40)/t23-,24+,25-,29?,30?/m0/s1. The topological polar surface area (TPSA) is 174 Å². The molecule has 1 saturated heterocycles. The van der Waals surface area contributed by atoms with Gasteiger partial charge in [-0.05, 0) is 87.4 Å². The number of nitriles is 1. The van der Waals surface area contributed by atoms with Gasteiger partial charge in [0, 0.05) is 43.5 Å². The fraction of sp³-hybridized carbons (Fsp3) is 0.571. The van der Waals surface area contributed by atoms with Crippen LogP contribution in [0.2, 0.25) is 0 Å². The van der Waals surface area contributed by atoms with Gasteiger partial charge in [0.15, 0.2) is 0 Å². The van der Waals surface area contributed by atoms with Crippen molar-refractivity contribution in [3.63, 3.8) is 0 Å². The summed E-state index contributed by atoms with van der Waals surface area (Å²) in [7, 11) is 0.